The van der Waals surface area contributed by atoms with Gasteiger partial charge >= 0.3 is 5.69 Å². The molecule has 4 rings (SSSR count). The van der Waals surface area contributed by atoms with E-state index in [4.69, 9.17) is 9.47 Å². The molecule has 162 valence electrons. The van der Waals surface area contributed by atoms with Gasteiger partial charge in [0.1, 0.15) is 6.54 Å². The van der Waals surface area contributed by atoms with Gasteiger partial charge in [0.05, 0.1) is 31.7 Å². The molecule has 31 heavy (non-hydrogen) atoms. The van der Waals surface area contributed by atoms with Crippen LogP contribution < -0.4 is 20.7 Å². The number of nitrogens with zero attached hydrogens (tertiary/aromatic N) is 3. The fraction of sp³-hybridized carbons (Fsp3) is 0.348. The summed E-state index contributed by atoms with van der Waals surface area (Å²) in [5.41, 5.74) is 0.208. The lowest BCUT2D eigenvalue weighted by molar-refractivity contribution is -0.130. The largest absolute Gasteiger partial charge is 0.493 e. The van der Waals surface area contributed by atoms with Gasteiger partial charge in [-0.25, -0.2) is 4.79 Å². The number of hydrogen-bond donors (Lipinski definition) is 0. The van der Waals surface area contributed by atoms with Gasteiger partial charge in [-0.15, -0.1) is 0 Å². The maximum atomic E-state index is 13.4. The third-order valence-electron chi connectivity index (χ3n) is 5.67. The molecule has 2 heterocycles. The summed E-state index contributed by atoms with van der Waals surface area (Å²) >= 11 is 0. The van der Waals surface area contributed by atoms with Crippen LogP contribution in [0.15, 0.2) is 52.1 Å². The lowest BCUT2D eigenvalue weighted by atomic mass is 10.2. The van der Waals surface area contributed by atoms with Crippen LogP contribution in [0.3, 0.4) is 0 Å². The molecule has 0 bridgehead atoms. The molecule has 1 fully saturated rings. The highest BCUT2D eigenvalue weighted by atomic mass is 16.5. The van der Waals surface area contributed by atoms with Crippen molar-refractivity contribution in [1.29, 1.82) is 0 Å². The average molecular weight is 423 g/mol. The molecule has 1 aliphatic rings. The molecule has 0 N–H and O–H groups in total. The Morgan fingerprint density at radius 3 is 2.23 bits per heavy atom. The predicted molar refractivity (Wildman–Crippen MR) is 117 cm³/mol. The standard InChI is InChI=1S/C23H25N3O5/c1-30-19-12-17-18(13-20(19)31-2)25(15-21(27)24-10-6-7-11-24)23(29)26(22(17)28)14-16-8-4-3-5-9-16/h3-5,8-9,12-13H,6-7,10-11,14-15H2,1-2H3. The Labute approximate surface area is 179 Å². The van der Waals surface area contributed by atoms with Crippen molar-refractivity contribution in [1.82, 2.24) is 14.0 Å². The van der Waals surface area contributed by atoms with E-state index in [1.165, 1.54) is 23.4 Å². The van der Waals surface area contributed by atoms with Gasteiger partial charge in [0.25, 0.3) is 5.56 Å². The number of rotatable bonds is 6. The molecule has 0 aliphatic carbocycles. The second-order valence-electron chi connectivity index (χ2n) is 7.56. The third-order valence-corrected chi connectivity index (χ3v) is 5.67. The van der Waals surface area contributed by atoms with Crippen LogP contribution in [0, 0.1) is 0 Å². The number of carbonyl (C=O) groups is 1. The zero-order chi connectivity index (χ0) is 22.0. The Kier molecular flexibility index (Phi) is 5.79. The molecular weight excluding hydrogens is 398 g/mol. The predicted octanol–water partition coefficient (Wildman–Crippen LogP) is 1.85. The lowest BCUT2D eigenvalue weighted by Gasteiger charge is -2.19. The van der Waals surface area contributed by atoms with E-state index in [1.807, 2.05) is 30.3 Å². The summed E-state index contributed by atoms with van der Waals surface area (Å²) in [4.78, 5) is 41.3. The fourth-order valence-electron chi connectivity index (χ4n) is 4.00. The molecule has 1 amide bonds. The first-order valence-corrected chi connectivity index (χ1v) is 10.2. The van der Waals surface area contributed by atoms with Crippen LogP contribution in [-0.4, -0.2) is 47.3 Å². The van der Waals surface area contributed by atoms with Gasteiger partial charge in [-0.2, -0.15) is 0 Å². The molecule has 0 unspecified atom stereocenters. The summed E-state index contributed by atoms with van der Waals surface area (Å²) in [6.07, 6.45) is 1.92. The van der Waals surface area contributed by atoms with E-state index in [9.17, 15) is 14.4 Å². The van der Waals surface area contributed by atoms with Crippen molar-refractivity contribution in [3.63, 3.8) is 0 Å². The van der Waals surface area contributed by atoms with Crippen LogP contribution >= 0.6 is 0 Å². The van der Waals surface area contributed by atoms with Crippen molar-refractivity contribution < 1.29 is 14.3 Å². The molecule has 1 aliphatic heterocycles. The third kappa shape index (κ3) is 3.93. The number of likely N-dealkylation sites (tertiary alicyclic amines) is 1. The van der Waals surface area contributed by atoms with E-state index < -0.39 is 11.2 Å². The molecule has 0 saturated carbocycles. The number of benzene rings is 2. The van der Waals surface area contributed by atoms with Gasteiger partial charge in [-0.1, -0.05) is 30.3 Å². The maximum absolute atomic E-state index is 13.4. The average Bonchev–Trinajstić information content (AvgIpc) is 3.34. The lowest BCUT2D eigenvalue weighted by Crippen LogP contribution is -2.43. The van der Waals surface area contributed by atoms with Gasteiger partial charge in [0, 0.05) is 19.2 Å². The van der Waals surface area contributed by atoms with Crippen LogP contribution in [0.2, 0.25) is 0 Å². The van der Waals surface area contributed by atoms with Crippen molar-refractivity contribution in [2.24, 2.45) is 0 Å². The maximum Gasteiger partial charge on any atom is 0.332 e. The highest BCUT2D eigenvalue weighted by Gasteiger charge is 2.22. The Balaban J connectivity index is 1.92. The molecule has 8 heteroatoms. The SMILES string of the molecule is COc1cc2c(=O)n(Cc3ccccc3)c(=O)n(CC(=O)N3CCCC3)c2cc1OC. The van der Waals surface area contributed by atoms with Gasteiger partial charge in [-0.3, -0.25) is 18.7 Å². The quantitative estimate of drug-likeness (QED) is 0.604. The summed E-state index contributed by atoms with van der Waals surface area (Å²) in [5.74, 6) is 0.631. The van der Waals surface area contributed by atoms with Gasteiger partial charge in [-0.05, 0) is 24.5 Å². The number of aromatic nitrogens is 2. The first kappa shape index (κ1) is 20.7. The summed E-state index contributed by atoms with van der Waals surface area (Å²) in [5, 5.41) is 0.294. The summed E-state index contributed by atoms with van der Waals surface area (Å²) < 4.78 is 13.3. The molecule has 1 saturated heterocycles. The topological polar surface area (TPSA) is 82.8 Å². The second kappa shape index (κ2) is 8.67. The van der Waals surface area contributed by atoms with E-state index in [-0.39, 0.29) is 19.0 Å². The number of carbonyl (C=O) groups excluding carboxylic acids is 1. The Hall–Kier alpha value is -3.55. The summed E-state index contributed by atoms with van der Waals surface area (Å²) in [6, 6.07) is 12.4. The molecule has 8 nitrogen and oxygen atoms in total. The fourth-order valence-corrected chi connectivity index (χ4v) is 4.00. The van der Waals surface area contributed by atoms with Crippen molar-refractivity contribution in [2.45, 2.75) is 25.9 Å². The number of methoxy groups -OCH3 is 2. The number of hydrogen-bond acceptors (Lipinski definition) is 5. The molecule has 1 aromatic heterocycles. The van der Waals surface area contributed by atoms with E-state index in [1.54, 1.807) is 17.0 Å². The molecule has 0 spiro atoms. The minimum absolute atomic E-state index is 0.112. The molecule has 0 atom stereocenters. The van der Waals surface area contributed by atoms with Crippen LogP contribution in [0.5, 0.6) is 11.5 Å². The van der Waals surface area contributed by atoms with E-state index >= 15 is 0 Å². The monoisotopic (exact) mass is 423 g/mol. The first-order valence-electron chi connectivity index (χ1n) is 10.2. The Morgan fingerprint density at radius 2 is 1.58 bits per heavy atom. The van der Waals surface area contributed by atoms with E-state index in [0.717, 1.165) is 18.4 Å². The van der Waals surface area contributed by atoms with Crippen molar-refractivity contribution in [3.8, 4) is 11.5 Å². The zero-order valence-corrected chi connectivity index (χ0v) is 17.7. The number of fused-ring (bicyclic) bond motifs is 1. The van der Waals surface area contributed by atoms with Crippen LogP contribution in [0.1, 0.15) is 18.4 Å². The smallest absolute Gasteiger partial charge is 0.332 e. The summed E-state index contributed by atoms with van der Waals surface area (Å²) in [7, 11) is 2.97. The highest BCUT2D eigenvalue weighted by Crippen LogP contribution is 2.30. The Bertz CT molecular complexity index is 1220. The van der Waals surface area contributed by atoms with Gasteiger partial charge in [0.15, 0.2) is 11.5 Å². The molecule has 0 radical (unpaired) electrons. The van der Waals surface area contributed by atoms with Crippen molar-refractivity contribution >= 4 is 16.8 Å². The first-order chi connectivity index (χ1) is 15.0. The summed E-state index contributed by atoms with van der Waals surface area (Å²) in [6.45, 7) is 1.35. The van der Waals surface area contributed by atoms with Crippen molar-refractivity contribution in [2.75, 3.05) is 27.3 Å². The number of amides is 1. The molecular formula is C23H25N3O5. The Morgan fingerprint density at radius 1 is 0.935 bits per heavy atom. The van der Waals surface area contributed by atoms with Gasteiger partial charge in [0.2, 0.25) is 5.91 Å². The number of ether oxygens (including phenoxy) is 2. The normalized spacial score (nSPS) is 13.5. The van der Waals surface area contributed by atoms with Crippen LogP contribution in [0.25, 0.3) is 10.9 Å². The van der Waals surface area contributed by atoms with Crippen LogP contribution in [-0.2, 0) is 17.9 Å². The van der Waals surface area contributed by atoms with E-state index in [2.05, 4.69) is 0 Å². The van der Waals surface area contributed by atoms with Gasteiger partial charge < -0.3 is 14.4 Å². The second-order valence-corrected chi connectivity index (χ2v) is 7.56. The molecule has 3 aromatic rings. The highest BCUT2D eigenvalue weighted by molar-refractivity contribution is 5.84. The minimum atomic E-state index is -0.527. The zero-order valence-electron chi connectivity index (χ0n) is 17.7. The van der Waals surface area contributed by atoms with Crippen molar-refractivity contribution in [3.05, 3.63) is 68.9 Å². The van der Waals surface area contributed by atoms with Crippen LogP contribution in [0.4, 0.5) is 0 Å². The minimum Gasteiger partial charge on any atom is -0.493 e. The van der Waals surface area contributed by atoms with E-state index in [0.29, 0.717) is 35.5 Å². The molecule has 2 aromatic carbocycles.